The van der Waals surface area contributed by atoms with Crippen LogP contribution in [-0.4, -0.2) is 18.4 Å². The second kappa shape index (κ2) is 5.76. The lowest BCUT2D eigenvalue weighted by Crippen LogP contribution is -2.28. The minimum absolute atomic E-state index is 0.0870. The Hall–Kier alpha value is -1.02. The van der Waals surface area contributed by atoms with E-state index in [0.717, 1.165) is 18.7 Å². The molecule has 1 aromatic carbocycles. The first-order valence-electron chi connectivity index (χ1n) is 5.62. The molecule has 1 N–H and O–H groups in total. The first-order chi connectivity index (χ1) is 7.17. The van der Waals surface area contributed by atoms with Crippen LogP contribution in [0.2, 0.25) is 0 Å². The SMILES string of the molecule is CCc1ccc(N(CO)CC(C)C)cc1. The van der Waals surface area contributed by atoms with E-state index < -0.39 is 0 Å². The molecule has 0 aromatic heterocycles. The maximum Gasteiger partial charge on any atom is 0.115 e. The summed E-state index contributed by atoms with van der Waals surface area (Å²) in [6.07, 6.45) is 1.06. The van der Waals surface area contributed by atoms with Crippen LogP contribution < -0.4 is 4.90 Å². The quantitative estimate of drug-likeness (QED) is 0.750. The van der Waals surface area contributed by atoms with Gasteiger partial charge >= 0.3 is 0 Å². The molecule has 1 rings (SSSR count). The third-order valence-corrected chi connectivity index (χ3v) is 2.47. The normalized spacial score (nSPS) is 10.7. The standard InChI is InChI=1S/C13H21NO/c1-4-12-5-7-13(8-6-12)14(10-15)9-11(2)3/h5-8,11,15H,4,9-10H2,1-3H3. The van der Waals surface area contributed by atoms with E-state index in [4.69, 9.17) is 0 Å². The van der Waals surface area contributed by atoms with E-state index in [1.165, 1.54) is 5.56 Å². The fourth-order valence-corrected chi connectivity index (χ4v) is 1.63. The first-order valence-corrected chi connectivity index (χ1v) is 5.62. The van der Waals surface area contributed by atoms with E-state index in [2.05, 4.69) is 45.0 Å². The van der Waals surface area contributed by atoms with Crippen LogP contribution >= 0.6 is 0 Å². The largest absolute Gasteiger partial charge is 0.376 e. The topological polar surface area (TPSA) is 23.5 Å². The number of anilines is 1. The highest BCUT2D eigenvalue weighted by Crippen LogP contribution is 2.16. The van der Waals surface area contributed by atoms with E-state index >= 15 is 0 Å². The zero-order chi connectivity index (χ0) is 11.3. The summed E-state index contributed by atoms with van der Waals surface area (Å²) >= 11 is 0. The van der Waals surface area contributed by atoms with Gasteiger partial charge in [-0.05, 0) is 30.0 Å². The molecule has 0 spiro atoms. The van der Waals surface area contributed by atoms with Crippen molar-refractivity contribution in [3.05, 3.63) is 29.8 Å². The minimum Gasteiger partial charge on any atom is -0.376 e. The van der Waals surface area contributed by atoms with Crippen molar-refractivity contribution in [3.8, 4) is 0 Å². The van der Waals surface area contributed by atoms with Gasteiger partial charge in [0.25, 0.3) is 0 Å². The number of hydrogen-bond donors (Lipinski definition) is 1. The molecular weight excluding hydrogens is 186 g/mol. The minimum atomic E-state index is 0.0870. The second-order valence-corrected chi connectivity index (χ2v) is 4.28. The molecule has 0 radical (unpaired) electrons. The summed E-state index contributed by atoms with van der Waals surface area (Å²) < 4.78 is 0. The van der Waals surface area contributed by atoms with Crippen LogP contribution in [0.25, 0.3) is 0 Å². The van der Waals surface area contributed by atoms with Gasteiger partial charge in [0.2, 0.25) is 0 Å². The van der Waals surface area contributed by atoms with Crippen molar-refractivity contribution in [1.82, 2.24) is 0 Å². The predicted octanol–water partition coefficient (Wildman–Crippen LogP) is 2.66. The Kier molecular flexibility index (Phi) is 4.63. The molecule has 1 aromatic rings. The lowest BCUT2D eigenvalue weighted by atomic mass is 10.1. The molecule has 0 bridgehead atoms. The number of nitrogens with zero attached hydrogens (tertiary/aromatic N) is 1. The van der Waals surface area contributed by atoms with Crippen molar-refractivity contribution >= 4 is 5.69 Å². The van der Waals surface area contributed by atoms with Crippen molar-refractivity contribution in [3.63, 3.8) is 0 Å². The Bertz CT molecular complexity index is 279. The molecule has 2 heteroatoms. The summed E-state index contributed by atoms with van der Waals surface area (Å²) in [4.78, 5) is 1.99. The van der Waals surface area contributed by atoms with E-state index in [-0.39, 0.29) is 6.73 Å². The van der Waals surface area contributed by atoms with Gasteiger partial charge in [-0.25, -0.2) is 0 Å². The average molecular weight is 207 g/mol. The van der Waals surface area contributed by atoms with Crippen molar-refractivity contribution < 1.29 is 5.11 Å². The van der Waals surface area contributed by atoms with Crippen LogP contribution in [0.4, 0.5) is 5.69 Å². The zero-order valence-corrected chi connectivity index (χ0v) is 9.90. The van der Waals surface area contributed by atoms with Gasteiger partial charge in [-0.3, -0.25) is 0 Å². The number of hydrogen-bond acceptors (Lipinski definition) is 2. The summed E-state index contributed by atoms with van der Waals surface area (Å²) in [6, 6.07) is 8.41. The molecule has 0 atom stereocenters. The van der Waals surface area contributed by atoms with Crippen molar-refractivity contribution in [1.29, 1.82) is 0 Å². The molecule has 0 saturated carbocycles. The summed E-state index contributed by atoms with van der Waals surface area (Å²) in [5.41, 5.74) is 2.43. The zero-order valence-electron chi connectivity index (χ0n) is 9.90. The molecule has 0 heterocycles. The molecule has 0 fully saturated rings. The van der Waals surface area contributed by atoms with Gasteiger partial charge in [-0.15, -0.1) is 0 Å². The highest BCUT2D eigenvalue weighted by atomic mass is 16.3. The van der Waals surface area contributed by atoms with Gasteiger partial charge in [0.1, 0.15) is 6.73 Å². The number of benzene rings is 1. The van der Waals surface area contributed by atoms with Gasteiger partial charge in [-0.1, -0.05) is 32.9 Å². The lowest BCUT2D eigenvalue weighted by Gasteiger charge is -2.24. The molecule has 0 amide bonds. The van der Waals surface area contributed by atoms with E-state index in [1.807, 2.05) is 4.90 Å². The third kappa shape index (κ3) is 3.56. The molecular formula is C13H21NO. The summed E-state index contributed by atoms with van der Waals surface area (Å²) in [5.74, 6) is 0.558. The number of aliphatic hydroxyl groups is 1. The highest BCUT2D eigenvalue weighted by Gasteiger charge is 2.06. The van der Waals surface area contributed by atoms with E-state index in [0.29, 0.717) is 5.92 Å². The Morgan fingerprint density at radius 2 is 1.80 bits per heavy atom. The summed E-state index contributed by atoms with van der Waals surface area (Å²) in [7, 11) is 0. The van der Waals surface area contributed by atoms with Gasteiger partial charge in [0.15, 0.2) is 0 Å². The fraction of sp³-hybridized carbons (Fsp3) is 0.538. The highest BCUT2D eigenvalue weighted by molar-refractivity contribution is 5.47. The van der Waals surface area contributed by atoms with Crippen molar-refractivity contribution in [2.75, 3.05) is 18.2 Å². The maximum absolute atomic E-state index is 9.28. The van der Waals surface area contributed by atoms with Crippen molar-refractivity contribution in [2.45, 2.75) is 27.2 Å². The average Bonchev–Trinajstić information content (AvgIpc) is 2.26. The second-order valence-electron chi connectivity index (χ2n) is 4.28. The Morgan fingerprint density at radius 3 is 2.20 bits per heavy atom. The van der Waals surface area contributed by atoms with Gasteiger partial charge < -0.3 is 10.0 Å². The molecule has 0 aliphatic heterocycles. The first kappa shape index (κ1) is 12.1. The number of rotatable bonds is 5. The monoisotopic (exact) mass is 207 g/mol. The molecule has 0 aliphatic rings. The van der Waals surface area contributed by atoms with Gasteiger partial charge in [-0.2, -0.15) is 0 Å². The van der Waals surface area contributed by atoms with Crippen LogP contribution in [0.1, 0.15) is 26.3 Å². The predicted molar refractivity (Wildman–Crippen MR) is 65.1 cm³/mol. The van der Waals surface area contributed by atoms with Crippen LogP contribution in [0.5, 0.6) is 0 Å². The van der Waals surface area contributed by atoms with Crippen LogP contribution in [0.15, 0.2) is 24.3 Å². The van der Waals surface area contributed by atoms with Gasteiger partial charge in [0.05, 0.1) is 0 Å². The lowest BCUT2D eigenvalue weighted by molar-refractivity contribution is 0.285. The molecule has 0 saturated heterocycles. The molecule has 0 unspecified atom stereocenters. The summed E-state index contributed by atoms with van der Waals surface area (Å²) in [6.45, 7) is 7.44. The summed E-state index contributed by atoms with van der Waals surface area (Å²) in [5, 5.41) is 9.28. The number of aryl methyl sites for hydroxylation is 1. The van der Waals surface area contributed by atoms with Crippen molar-refractivity contribution in [2.24, 2.45) is 5.92 Å². The Labute approximate surface area is 92.5 Å². The number of aliphatic hydroxyl groups excluding tert-OH is 1. The molecule has 15 heavy (non-hydrogen) atoms. The van der Waals surface area contributed by atoms with Crippen LogP contribution in [0.3, 0.4) is 0 Å². The molecule has 84 valence electrons. The van der Waals surface area contributed by atoms with E-state index in [9.17, 15) is 5.11 Å². The van der Waals surface area contributed by atoms with Crippen LogP contribution in [0, 0.1) is 5.92 Å². The Morgan fingerprint density at radius 1 is 1.20 bits per heavy atom. The third-order valence-electron chi connectivity index (χ3n) is 2.47. The van der Waals surface area contributed by atoms with Gasteiger partial charge in [0, 0.05) is 12.2 Å². The molecule has 2 nitrogen and oxygen atoms in total. The fourth-order valence-electron chi connectivity index (χ4n) is 1.63. The van der Waals surface area contributed by atoms with Crippen LogP contribution in [-0.2, 0) is 6.42 Å². The van der Waals surface area contributed by atoms with E-state index in [1.54, 1.807) is 0 Å². The smallest absolute Gasteiger partial charge is 0.115 e. The maximum atomic E-state index is 9.28. The molecule has 0 aliphatic carbocycles. The Balaban J connectivity index is 2.74.